The Bertz CT molecular complexity index is 1060. The van der Waals surface area contributed by atoms with Crippen LogP contribution in [-0.2, 0) is 13.1 Å². The molecule has 0 unspecified atom stereocenters. The molecule has 0 saturated heterocycles. The van der Waals surface area contributed by atoms with E-state index < -0.39 is 0 Å². The minimum Gasteiger partial charge on any atom is -0.361 e. The van der Waals surface area contributed by atoms with E-state index in [1.165, 1.54) is 11.3 Å². The van der Waals surface area contributed by atoms with Crippen LogP contribution >= 0.6 is 15.9 Å². The molecule has 0 radical (unpaired) electrons. The third-order valence-corrected chi connectivity index (χ3v) is 5.41. The summed E-state index contributed by atoms with van der Waals surface area (Å²) >= 11 is 3.75. The van der Waals surface area contributed by atoms with Gasteiger partial charge in [0.1, 0.15) is 4.60 Å². The van der Waals surface area contributed by atoms with Gasteiger partial charge in [-0.1, -0.05) is 48.5 Å². The molecule has 4 aromatic rings. The number of halogens is 1. The summed E-state index contributed by atoms with van der Waals surface area (Å²) in [5.74, 6) is 0.738. The number of aromatic nitrogens is 3. The number of nitrogens with zero attached hydrogens (tertiary/aromatic N) is 4. The highest BCUT2D eigenvalue weighted by Gasteiger charge is 2.17. The number of anilines is 1. The molecule has 0 aliphatic carbocycles. The van der Waals surface area contributed by atoms with Gasteiger partial charge in [-0.25, -0.2) is 9.97 Å². The molecule has 0 N–H and O–H groups in total. The predicted octanol–water partition coefficient (Wildman–Crippen LogP) is 5.32. The van der Waals surface area contributed by atoms with Crippen molar-refractivity contribution < 1.29 is 0 Å². The van der Waals surface area contributed by atoms with E-state index in [0.29, 0.717) is 6.54 Å². The van der Waals surface area contributed by atoms with Crippen molar-refractivity contribution in [1.29, 1.82) is 0 Å². The van der Waals surface area contributed by atoms with Crippen molar-refractivity contribution >= 4 is 27.4 Å². The highest BCUT2D eigenvalue weighted by Crippen LogP contribution is 2.25. The maximum atomic E-state index is 4.80. The monoisotopic (exact) mass is 420 g/mol. The highest BCUT2D eigenvalue weighted by molar-refractivity contribution is 9.10. The van der Waals surface area contributed by atoms with Crippen LogP contribution in [0.25, 0.3) is 5.78 Å². The standard InChI is InChI=1S/C22H21BrN4/c1-16-13-17(2)27-21(23)20(25-22(27)24-16)15-26(19-11-7-4-8-12-19)14-18-9-5-3-6-10-18/h3-13H,14-15H2,1-2H3. The van der Waals surface area contributed by atoms with Crippen molar-refractivity contribution in [2.75, 3.05) is 4.90 Å². The summed E-state index contributed by atoms with van der Waals surface area (Å²) < 4.78 is 3.03. The Balaban J connectivity index is 1.72. The highest BCUT2D eigenvalue weighted by atomic mass is 79.9. The maximum absolute atomic E-state index is 4.80. The lowest BCUT2D eigenvalue weighted by molar-refractivity contribution is 0.782. The van der Waals surface area contributed by atoms with Crippen molar-refractivity contribution in [2.24, 2.45) is 0 Å². The van der Waals surface area contributed by atoms with E-state index in [-0.39, 0.29) is 0 Å². The third kappa shape index (κ3) is 3.74. The van der Waals surface area contributed by atoms with Gasteiger partial charge >= 0.3 is 0 Å². The van der Waals surface area contributed by atoms with Gasteiger partial charge in [-0.2, -0.15) is 0 Å². The molecule has 2 heterocycles. The number of aryl methyl sites for hydroxylation is 2. The minimum atomic E-state index is 0.696. The number of hydrogen-bond donors (Lipinski definition) is 0. The fraction of sp³-hybridized carbons (Fsp3) is 0.182. The molecule has 0 fully saturated rings. The summed E-state index contributed by atoms with van der Waals surface area (Å²) in [6.07, 6.45) is 0. The van der Waals surface area contributed by atoms with Crippen molar-refractivity contribution in [3.8, 4) is 0 Å². The fourth-order valence-electron chi connectivity index (χ4n) is 3.34. The van der Waals surface area contributed by atoms with Gasteiger partial charge < -0.3 is 4.90 Å². The average molecular weight is 421 g/mol. The molecule has 2 aromatic heterocycles. The Morgan fingerprint density at radius 1 is 0.889 bits per heavy atom. The summed E-state index contributed by atoms with van der Waals surface area (Å²) in [4.78, 5) is 11.7. The first kappa shape index (κ1) is 17.7. The van der Waals surface area contributed by atoms with Gasteiger partial charge in [0.05, 0.1) is 12.2 Å². The number of para-hydroxylation sites is 1. The van der Waals surface area contributed by atoms with Gasteiger partial charge in [0.15, 0.2) is 0 Å². The van der Waals surface area contributed by atoms with Crippen molar-refractivity contribution in [3.63, 3.8) is 0 Å². The third-order valence-electron chi connectivity index (χ3n) is 4.59. The molecule has 0 atom stereocenters. The second-order valence-electron chi connectivity index (χ2n) is 6.70. The number of hydrogen-bond acceptors (Lipinski definition) is 3. The quantitative estimate of drug-likeness (QED) is 0.438. The summed E-state index contributed by atoms with van der Waals surface area (Å²) in [6.45, 7) is 5.59. The van der Waals surface area contributed by atoms with E-state index in [4.69, 9.17) is 4.98 Å². The SMILES string of the molecule is Cc1cc(C)n2c(Br)c(CN(Cc3ccccc3)c3ccccc3)nc2n1. The van der Waals surface area contributed by atoms with E-state index in [0.717, 1.165) is 34.0 Å². The molecule has 0 aliphatic rings. The van der Waals surface area contributed by atoms with Gasteiger partial charge in [0.25, 0.3) is 0 Å². The second kappa shape index (κ2) is 7.53. The molecule has 0 aliphatic heterocycles. The number of rotatable bonds is 5. The molecule has 0 bridgehead atoms. The topological polar surface area (TPSA) is 33.4 Å². The average Bonchev–Trinajstić information content (AvgIpc) is 2.98. The van der Waals surface area contributed by atoms with Gasteiger partial charge in [-0.05, 0) is 53.5 Å². The molecular weight excluding hydrogens is 400 g/mol. The zero-order chi connectivity index (χ0) is 18.8. The molecular formula is C22H21BrN4. The van der Waals surface area contributed by atoms with Crippen molar-refractivity contribution in [1.82, 2.24) is 14.4 Å². The molecule has 0 saturated carbocycles. The number of benzene rings is 2. The summed E-state index contributed by atoms with van der Waals surface area (Å²) in [7, 11) is 0. The molecule has 27 heavy (non-hydrogen) atoms. The summed E-state index contributed by atoms with van der Waals surface area (Å²) in [6, 6.07) is 23.1. The van der Waals surface area contributed by atoms with Crippen LogP contribution in [0.2, 0.25) is 0 Å². The lowest BCUT2D eigenvalue weighted by Crippen LogP contribution is -2.22. The number of fused-ring (bicyclic) bond motifs is 1. The van der Waals surface area contributed by atoms with E-state index in [1.807, 2.05) is 19.1 Å². The fourth-order valence-corrected chi connectivity index (χ4v) is 3.99. The van der Waals surface area contributed by atoms with E-state index >= 15 is 0 Å². The Hall–Kier alpha value is -2.66. The van der Waals surface area contributed by atoms with Crippen LogP contribution in [0.5, 0.6) is 0 Å². The van der Waals surface area contributed by atoms with Gasteiger partial charge in [-0.3, -0.25) is 4.40 Å². The summed E-state index contributed by atoms with van der Waals surface area (Å²) in [5, 5.41) is 0. The Morgan fingerprint density at radius 3 is 2.26 bits per heavy atom. The van der Waals surface area contributed by atoms with E-state index in [2.05, 4.69) is 91.7 Å². The predicted molar refractivity (Wildman–Crippen MR) is 113 cm³/mol. The van der Waals surface area contributed by atoms with Crippen LogP contribution in [0.3, 0.4) is 0 Å². The van der Waals surface area contributed by atoms with Gasteiger partial charge in [0.2, 0.25) is 5.78 Å². The smallest absolute Gasteiger partial charge is 0.235 e. The molecule has 0 spiro atoms. The van der Waals surface area contributed by atoms with Crippen LogP contribution < -0.4 is 4.90 Å². The zero-order valence-electron chi connectivity index (χ0n) is 15.4. The molecule has 5 heteroatoms. The molecule has 136 valence electrons. The first-order chi connectivity index (χ1) is 13.1. The van der Waals surface area contributed by atoms with Gasteiger partial charge in [-0.15, -0.1) is 0 Å². The molecule has 4 rings (SSSR count). The largest absolute Gasteiger partial charge is 0.361 e. The van der Waals surface area contributed by atoms with Crippen molar-refractivity contribution in [3.05, 3.63) is 94.0 Å². The lowest BCUT2D eigenvalue weighted by atomic mass is 10.2. The molecule has 4 nitrogen and oxygen atoms in total. The van der Waals surface area contributed by atoms with Crippen LogP contribution in [0.1, 0.15) is 22.6 Å². The van der Waals surface area contributed by atoms with E-state index in [9.17, 15) is 0 Å². The van der Waals surface area contributed by atoms with E-state index in [1.54, 1.807) is 0 Å². The summed E-state index contributed by atoms with van der Waals surface area (Å²) in [5.41, 5.74) is 5.53. The first-order valence-electron chi connectivity index (χ1n) is 8.97. The molecule has 0 amide bonds. The minimum absolute atomic E-state index is 0.696. The zero-order valence-corrected chi connectivity index (χ0v) is 17.0. The Morgan fingerprint density at radius 2 is 1.56 bits per heavy atom. The Kier molecular flexibility index (Phi) is 4.94. The molecule has 2 aromatic carbocycles. The van der Waals surface area contributed by atoms with Crippen molar-refractivity contribution in [2.45, 2.75) is 26.9 Å². The van der Waals surface area contributed by atoms with Crippen LogP contribution in [0.15, 0.2) is 71.3 Å². The van der Waals surface area contributed by atoms with Crippen LogP contribution in [0.4, 0.5) is 5.69 Å². The maximum Gasteiger partial charge on any atom is 0.235 e. The lowest BCUT2D eigenvalue weighted by Gasteiger charge is -2.24. The van der Waals surface area contributed by atoms with Gasteiger partial charge in [0, 0.05) is 23.6 Å². The van der Waals surface area contributed by atoms with Crippen LogP contribution in [0, 0.1) is 13.8 Å². The Labute approximate surface area is 167 Å². The van der Waals surface area contributed by atoms with Crippen LogP contribution in [-0.4, -0.2) is 14.4 Å². The number of imidazole rings is 1. The first-order valence-corrected chi connectivity index (χ1v) is 9.76. The second-order valence-corrected chi connectivity index (χ2v) is 7.45. The normalized spacial score (nSPS) is 11.1.